The summed E-state index contributed by atoms with van der Waals surface area (Å²) in [7, 11) is -2.29. The first-order valence-electron chi connectivity index (χ1n) is 11.5. The van der Waals surface area contributed by atoms with Crippen LogP contribution in [-0.4, -0.2) is 47.5 Å². The summed E-state index contributed by atoms with van der Waals surface area (Å²) in [4.78, 5) is 18.0. The minimum Gasteiger partial charge on any atom is -0.480 e. The Morgan fingerprint density at radius 2 is 1.84 bits per heavy atom. The van der Waals surface area contributed by atoms with Crippen molar-refractivity contribution >= 4 is 61.5 Å². The largest absolute Gasteiger partial charge is 0.480 e. The van der Waals surface area contributed by atoms with Gasteiger partial charge in [-0.05, 0) is 61.0 Å². The Kier molecular flexibility index (Phi) is 6.92. The van der Waals surface area contributed by atoms with E-state index in [0.717, 1.165) is 27.5 Å². The maximum atomic E-state index is 13.5. The number of aromatic nitrogens is 2. The molecule has 1 aliphatic rings. The second-order valence-corrected chi connectivity index (χ2v) is 11.4. The van der Waals surface area contributed by atoms with Gasteiger partial charge in [-0.15, -0.1) is 0 Å². The van der Waals surface area contributed by atoms with Crippen LogP contribution in [0.1, 0.15) is 12.0 Å². The summed E-state index contributed by atoms with van der Waals surface area (Å²) in [5.74, 6) is -0.616. The van der Waals surface area contributed by atoms with Crippen molar-refractivity contribution in [3.8, 4) is 5.82 Å². The van der Waals surface area contributed by atoms with Crippen LogP contribution in [-0.2, 0) is 14.8 Å². The van der Waals surface area contributed by atoms with Crippen molar-refractivity contribution in [2.45, 2.75) is 11.3 Å². The van der Waals surface area contributed by atoms with Gasteiger partial charge in [0.2, 0.25) is 0 Å². The van der Waals surface area contributed by atoms with Gasteiger partial charge in [0.1, 0.15) is 12.4 Å². The van der Waals surface area contributed by atoms with Crippen molar-refractivity contribution in [1.29, 1.82) is 0 Å². The smallest absolute Gasteiger partial charge is 0.324 e. The number of hydrogen-bond donors (Lipinski definition) is 1. The maximum absolute atomic E-state index is 13.5. The van der Waals surface area contributed by atoms with E-state index in [9.17, 15) is 18.3 Å². The molecule has 194 valence electrons. The molecule has 5 rings (SSSR count). The lowest BCUT2D eigenvalue weighted by Crippen LogP contribution is -2.35. The molecule has 8 nitrogen and oxygen atoms in total. The van der Waals surface area contributed by atoms with Crippen molar-refractivity contribution in [1.82, 2.24) is 14.5 Å². The fourth-order valence-corrected chi connectivity index (χ4v) is 6.51. The fourth-order valence-electron chi connectivity index (χ4n) is 4.38. The highest BCUT2D eigenvalue weighted by Crippen LogP contribution is 2.31. The molecule has 0 saturated carbocycles. The van der Waals surface area contributed by atoms with Crippen molar-refractivity contribution in [3.63, 3.8) is 0 Å². The normalized spacial score (nSPS) is 13.6. The summed E-state index contributed by atoms with van der Waals surface area (Å²) in [6, 6.07) is 14.6. The van der Waals surface area contributed by atoms with Crippen molar-refractivity contribution < 1.29 is 18.3 Å². The number of sulfonamides is 1. The van der Waals surface area contributed by atoms with Gasteiger partial charge in [0, 0.05) is 52.3 Å². The van der Waals surface area contributed by atoms with E-state index in [-0.39, 0.29) is 20.6 Å². The van der Waals surface area contributed by atoms with E-state index in [0.29, 0.717) is 11.2 Å². The van der Waals surface area contributed by atoms with Crippen molar-refractivity contribution in [2.75, 3.05) is 17.9 Å². The Balaban J connectivity index is 1.55. The highest BCUT2D eigenvalue weighted by Gasteiger charge is 2.28. The third-order valence-corrected chi connectivity index (χ3v) is 8.30. The molecule has 0 saturated heterocycles. The van der Waals surface area contributed by atoms with Gasteiger partial charge in [-0.3, -0.25) is 9.10 Å². The molecule has 0 radical (unpaired) electrons. The van der Waals surface area contributed by atoms with E-state index < -0.39 is 22.5 Å². The lowest BCUT2D eigenvalue weighted by Gasteiger charge is -2.23. The van der Waals surface area contributed by atoms with E-state index in [2.05, 4.69) is 17.1 Å². The van der Waals surface area contributed by atoms with Gasteiger partial charge < -0.3 is 14.6 Å². The quantitative estimate of drug-likeness (QED) is 0.302. The molecule has 3 heterocycles. The monoisotopic (exact) mass is 568 g/mol. The fraction of sp³-hybridized carbons (Fsp3) is 0.111. The maximum Gasteiger partial charge on any atom is 0.324 e. The van der Waals surface area contributed by atoms with Crippen LogP contribution in [0.5, 0.6) is 0 Å². The van der Waals surface area contributed by atoms with Gasteiger partial charge in [-0.25, -0.2) is 13.4 Å². The van der Waals surface area contributed by atoms with Crippen LogP contribution < -0.4 is 4.31 Å². The minimum absolute atomic E-state index is 0.125. The van der Waals surface area contributed by atoms with Gasteiger partial charge in [-0.1, -0.05) is 35.4 Å². The van der Waals surface area contributed by atoms with Crippen LogP contribution in [0.3, 0.4) is 0 Å². The van der Waals surface area contributed by atoms with Gasteiger partial charge in [0.15, 0.2) is 0 Å². The summed E-state index contributed by atoms with van der Waals surface area (Å²) in [6.45, 7) is -0.778. The molecular formula is C27H22Cl2N4O4S. The zero-order chi connectivity index (χ0) is 27.0. The van der Waals surface area contributed by atoms with E-state index in [1.54, 1.807) is 24.4 Å². The molecule has 0 bridgehead atoms. The van der Waals surface area contributed by atoms with E-state index in [1.807, 2.05) is 47.1 Å². The SMILES string of the molecule is CN1C=CCC=C1c1ccnc(-n2ccc3cc(N(CC(=O)O)S(=O)(=O)c4cc(Cl)cc(Cl)c4)ccc32)c1. The number of anilines is 1. The Hall–Kier alpha value is -3.79. The molecule has 0 amide bonds. The molecule has 0 aliphatic carbocycles. The van der Waals surface area contributed by atoms with Crippen molar-refractivity contribution in [3.05, 3.63) is 101 Å². The summed E-state index contributed by atoms with van der Waals surface area (Å²) in [6.07, 6.45) is 10.7. The Morgan fingerprint density at radius 3 is 2.55 bits per heavy atom. The van der Waals surface area contributed by atoms with Crippen LogP contribution >= 0.6 is 23.2 Å². The Morgan fingerprint density at radius 1 is 1.08 bits per heavy atom. The van der Waals surface area contributed by atoms with E-state index >= 15 is 0 Å². The molecule has 4 aromatic rings. The number of hydrogen-bond acceptors (Lipinski definition) is 5. The average molecular weight is 569 g/mol. The molecule has 2 aromatic carbocycles. The lowest BCUT2D eigenvalue weighted by atomic mass is 10.1. The number of carboxylic acid groups (broad SMARTS) is 1. The van der Waals surface area contributed by atoms with E-state index in [4.69, 9.17) is 23.2 Å². The highest BCUT2D eigenvalue weighted by atomic mass is 35.5. The van der Waals surface area contributed by atoms with Gasteiger partial charge in [0.05, 0.1) is 16.1 Å². The first-order chi connectivity index (χ1) is 18.1. The molecule has 2 aromatic heterocycles. The van der Waals surface area contributed by atoms with Gasteiger partial charge >= 0.3 is 5.97 Å². The zero-order valence-electron chi connectivity index (χ0n) is 20.1. The Bertz CT molecular complexity index is 1710. The summed E-state index contributed by atoms with van der Waals surface area (Å²) in [5, 5.41) is 10.5. The average Bonchev–Trinajstić information content (AvgIpc) is 3.30. The van der Waals surface area contributed by atoms with E-state index in [1.165, 1.54) is 18.2 Å². The number of fused-ring (bicyclic) bond motifs is 1. The molecule has 11 heteroatoms. The predicted octanol–water partition coefficient (Wildman–Crippen LogP) is 5.80. The second kappa shape index (κ2) is 10.2. The van der Waals surface area contributed by atoms with Crippen LogP contribution in [0, 0.1) is 0 Å². The number of carboxylic acids is 1. The number of aliphatic carboxylic acids is 1. The first kappa shape index (κ1) is 25.8. The van der Waals surface area contributed by atoms with Crippen molar-refractivity contribution in [2.24, 2.45) is 0 Å². The third-order valence-electron chi connectivity index (χ3n) is 6.11. The Labute approximate surface area is 229 Å². The molecule has 0 fully saturated rings. The minimum atomic E-state index is -4.28. The van der Waals surface area contributed by atoms with Gasteiger partial charge in [-0.2, -0.15) is 0 Å². The highest BCUT2D eigenvalue weighted by molar-refractivity contribution is 7.92. The number of allylic oxidation sites excluding steroid dienone is 2. The predicted molar refractivity (Wildman–Crippen MR) is 149 cm³/mol. The van der Waals surface area contributed by atoms with Gasteiger partial charge in [0.25, 0.3) is 10.0 Å². The number of rotatable bonds is 7. The number of benzene rings is 2. The molecule has 1 aliphatic heterocycles. The van der Waals surface area contributed by atoms with Crippen LogP contribution in [0.4, 0.5) is 5.69 Å². The third kappa shape index (κ3) is 5.00. The topological polar surface area (TPSA) is 95.7 Å². The summed E-state index contributed by atoms with van der Waals surface area (Å²) >= 11 is 12.0. The summed E-state index contributed by atoms with van der Waals surface area (Å²) in [5.41, 5.74) is 3.06. The first-order valence-corrected chi connectivity index (χ1v) is 13.7. The number of halogens is 2. The molecule has 0 unspecified atom stereocenters. The standard InChI is InChI=1S/C27H22Cl2N4O4S/c1-31-10-3-2-4-24(31)18-7-9-30-26(13-18)32-11-8-19-12-22(5-6-25(19)32)33(17-27(34)35)38(36,37)23-15-20(28)14-21(29)16-23/h3-16H,2,17H2,1H3,(H,34,35). The molecular weight excluding hydrogens is 547 g/mol. The molecule has 38 heavy (non-hydrogen) atoms. The molecule has 1 N–H and O–H groups in total. The number of carbonyl (C=O) groups is 1. The molecule has 0 spiro atoms. The lowest BCUT2D eigenvalue weighted by molar-refractivity contribution is -0.135. The molecule has 0 atom stereocenters. The number of nitrogens with zero attached hydrogens (tertiary/aromatic N) is 4. The van der Waals surface area contributed by atoms with Crippen LogP contribution in [0.2, 0.25) is 10.0 Å². The number of pyridine rings is 1. The zero-order valence-corrected chi connectivity index (χ0v) is 22.5. The van der Waals surface area contributed by atoms with Crippen LogP contribution in [0.25, 0.3) is 22.4 Å². The summed E-state index contributed by atoms with van der Waals surface area (Å²) < 4.78 is 29.7. The second-order valence-electron chi connectivity index (χ2n) is 8.66. The van der Waals surface area contributed by atoms with Crippen LogP contribution in [0.15, 0.2) is 90.2 Å².